The molecule has 2 nitrogen and oxygen atoms in total. The third kappa shape index (κ3) is 7.13. The predicted molar refractivity (Wildman–Crippen MR) is 95.0 cm³/mol. The highest BCUT2D eigenvalue weighted by Gasteiger charge is 2.08. The van der Waals surface area contributed by atoms with E-state index in [9.17, 15) is 0 Å². The molecule has 0 unspecified atom stereocenters. The highest BCUT2D eigenvalue weighted by molar-refractivity contribution is 5.70. The quantitative estimate of drug-likeness (QED) is 0.247. The fraction of sp³-hybridized carbons (Fsp3) is 0.600. The Labute approximate surface area is 136 Å². The zero-order valence-electron chi connectivity index (χ0n) is 14.6. The Hall–Kier alpha value is -1.28. The van der Waals surface area contributed by atoms with Gasteiger partial charge < -0.3 is 4.89 Å². The molecule has 0 fully saturated rings. The normalized spacial score (nSPS) is 11.7. The van der Waals surface area contributed by atoms with E-state index in [1.165, 1.54) is 50.5 Å². The first-order chi connectivity index (χ1) is 10.8. The molecule has 0 aliphatic rings. The van der Waals surface area contributed by atoms with E-state index in [-0.39, 0.29) is 0 Å². The number of unbranched alkanes of at least 4 members (excludes halogenated alkanes) is 6. The Morgan fingerprint density at radius 2 is 1.64 bits per heavy atom. The van der Waals surface area contributed by atoms with Crippen LogP contribution in [0.5, 0.6) is 5.75 Å². The predicted octanol–water partition coefficient (Wildman–Crippen LogP) is 6.56. The first-order valence-electron chi connectivity index (χ1n) is 8.87. The lowest BCUT2D eigenvalue weighted by molar-refractivity contribution is -0.202. The molecule has 0 N–H and O–H groups in total. The Bertz CT molecular complexity index is 423. The molecule has 0 atom stereocenters. The fourth-order valence-electron chi connectivity index (χ4n) is 2.63. The second kappa shape index (κ2) is 12.3. The van der Waals surface area contributed by atoms with E-state index in [0.29, 0.717) is 6.61 Å². The van der Waals surface area contributed by atoms with Crippen LogP contribution in [0.2, 0.25) is 0 Å². The van der Waals surface area contributed by atoms with E-state index in [4.69, 9.17) is 9.78 Å². The maximum atomic E-state index is 5.40. The van der Waals surface area contributed by atoms with Crippen molar-refractivity contribution in [1.82, 2.24) is 0 Å². The topological polar surface area (TPSA) is 18.5 Å². The van der Waals surface area contributed by atoms with Crippen molar-refractivity contribution in [3.63, 3.8) is 0 Å². The monoisotopic (exact) mass is 304 g/mol. The molecular formula is C20H32O2. The largest absolute Gasteiger partial charge is 0.337 e. The minimum atomic E-state index is 0.553. The van der Waals surface area contributed by atoms with Gasteiger partial charge in [0.25, 0.3) is 0 Å². The summed E-state index contributed by atoms with van der Waals surface area (Å²) >= 11 is 0. The van der Waals surface area contributed by atoms with Gasteiger partial charge in [0.1, 0.15) is 0 Å². The molecular weight excluding hydrogens is 272 g/mol. The van der Waals surface area contributed by atoms with Gasteiger partial charge in [-0.15, -0.1) is 0 Å². The van der Waals surface area contributed by atoms with Crippen molar-refractivity contribution in [3.8, 4) is 5.75 Å². The molecule has 0 aromatic heterocycles. The second-order valence-corrected chi connectivity index (χ2v) is 5.67. The molecule has 22 heavy (non-hydrogen) atoms. The summed E-state index contributed by atoms with van der Waals surface area (Å²) < 4.78 is 0. The molecule has 0 bridgehead atoms. The van der Waals surface area contributed by atoms with Crippen LogP contribution in [0, 0.1) is 0 Å². The highest BCUT2D eigenvalue weighted by Crippen LogP contribution is 2.30. The first kappa shape index (κ1) is 18.8. The lowest BCUT2D eigenvalue weighted by atomic mass is 9.98. The maximum absolute atomic E-state index is 5.40. The maximum Gasteiger partial charge on any atom is 0.172 e. The summed E-state index contributed by atoms with van der Waals surface area (Å²) in [5, 5.41) is 0. The molecule has 1 aromatic carbocycles. The lowest BCUT2D eigenvalue weighted by Crippen LogP contribution is -1.99. The minimum Gasteiger partial charge on any atom is -0.337 e. The molecule has 0 spiro atoms. The summed E-state index contributed by atoms with van der Waals surface area (Å²) in [4.78, 5) is 10.5. The number of para-hydroxylation sites is 1. The average Bonchev–Trinajstić information content (AvgIpc) is 2.56. The second-order valence-electron chi connectivity index (χ2n) is 5.67. The van der Waals surface area contributed by atoms with Gasteiger partial charge >= 0.3 is 0 Å². The van der Waals surface area contributed by atoms with Gasteiger partial charge in [-0.25, -0.2) is 0 Å². The number of allylic oxidation sites excluding steroid dienone is 2. The Balaban J connectivity index is 2.44. The van der Waals surface area contributed by atoms with Crippen LogP contribution in [-0.2, 0) is 4.89 Å². The number of benzene rings is 1. The van der Waals surface area contributed by atoms with Crippen molar-refractivity contribution in [2.45, 2.75) is 72.1 Å². The summed E-state index contributed by atoms with van der Waals surface area (Å²) in [5.41, 5.74) is 2.51. The van der Waals surface area contributed by atoms with Crippen LogP contribution in [0.4, 0.5) is 0 Å². The molecule has 0 aliphatic heterocycles. The van der Waals surface area contributed by atoms with Gasteiger partial charge in [-0.1, -0.05) is 69.7 Å². The van der Waals surface area contributed by atoms with Gasteiger partial charge in [0.15, 0.2) is 5.75 Å². The van der Waals surface area contributed by atoms with Gasteiger partial charge in [0, 0.05) is 5.56 Å². The standard InChI is InChI=1S/C20H32O2/c1-4-7-8-9-10-11-12-15-18(5-2)19-16-13-14-17-20(19)22-21-6-3/h5,13-14,16-17H,4,6-12,15H2,1-3H3. The summed E-state index contributed by atoms with van der Waals surface area (Å²) in [5.74, 6) is 0.820. The SMILES string of the molecule is CC=C(CCCCCCCCC)c1ccccc1OOCC. The van der Waals surface area contributed by atoms with Crippen LogP contribution >= 0.6 is 0 Å². The average molecular weight is 304 g/mol. The van der Waals surface area contributed by atoms with E-state index in [0.717, 1.165) is 17.7 Å². The van der Waals surface area contributed by atoms with Crippen molar-refractivity contribution in [2.75, 3.05) is 6.61 Å². The Morgan fingerprint density at radius 1 is 0.955 bits per heavy atom. The van der Waals surface area contributed by atoms with E-state index in [1.807, 2.05) is 19.1 Å². The smallest absolute Gasteiger partial charge is 0.172 e. The Kier molecular flexibility index (Phi) is 10.5. The lowest BCUT2D eigenvalue weighted by Gasteiger charge is -2.12. The highest BCUT2D eigenvalue weighted by atomic mass is 17.2. The van der Waals surface area contributed by atoms with E-state index in [1.54, 1.807) is 0 Å². The minimum absolute atomic E-state index is 0.553. The summed E-state index contributed by atoms with van der Waals surface area (Å²) in [6.07, 6.45) is 12.7. The number of hydrogen-bond acceptors (Lipinski definition) is 2. The third-order valence-corrected chi connectivity index (χ3v) is 3.90. The molecule has 0 aliphatic carbocycles. The third-order valence-electron chi connectivity index (χ3n) is 3.90. The summed E-state index contributed by atoms with van der Waals surface area (Å²) in [6.45, 7) is 6.85. The van der Waals surface area contributed by atoms with Gasteiger partial charge in [-0.05, 0) is 38.3 Å². The van der Waals surface area contributed by atoms with Crippen LogP contribution < -0.4 is 4.89 Å². The zero-order chi connectivity index (χ0) is 16.0. The van der Waals surface area contributed by atoms with Crippen LogP contribution in [0.15, 0.2) is 30.3 Å². The summed E-state index contributed by atoms with van der Waals surface area (Å²) in [7, 11) is 0. The molecule has 0 heterocycles. The van der Waals surface area contributed by atoms with E-state index < -0.39 is 0 Å². The molecule has 0 amide bonds. The molecule has 2 heteroatoms. The Morgan fingerprint density at radius 3 is 2.32 bits per heavy atom. The van der Waals surface area contributed by atoms with Crippen molar-refractivity contribution in [3.05, 3.63) is 35.9 Å². The first-order valence-corrected chi connectivity index (χ1v) is 8.87. The number of rotatable bonds is 12. The molecule has 0 saturated heterocycles. The van der Waals surface area contributed by atoms with Crippen molar-refractivity contribution in [2.24, 2.45) is 0 Å². The van der Waals surface area contributed by atoms with Gasteiger partial charge in [0.2, 0.25) is 0 Å². The van der Waals surface area contributed by atoms with Crippen LogP contribution in [0.3, 0.4) is 0 Å². The van der Waals surface area contributed by atoms with E-state index >= 15 is 0 Å². The van der Waals surface area contributed by atoms with Crippen molar-refractivity contribution >= 4 is 5.57 Å². The zero-order valence-corrected chi connectivity index (χ0v) is 14.6. The molecule has 1 aromatic rings. The van der Waals surface area contributed by atoms with Gasteiger partial charge in [-0.2, -0.15) is 4.89 Å². The van der Waals surface area contributed by atoms with Crippen molar-refractivity contribution < 1.29 is 9.78 Å². The van der Waals surface area contributed by atoms with E-state index in [2.05, 4.69) is 32.1 Å². The van der Waals surface area contributed by atoms with Crippen LogP contribution in [0.25, 0.3) is 5.57 Å². The summed E-state index contributed by atoms with van der Waals surface area (Å²) in [6, 6.07) is 8.13. The molecule has 0 radical (unpaired) electrons. The van der Waals surface area contributed by atoms with Crippen molar-refractivity contribution in [1.29, 1.82) is 0 Å². The fourth-order valence-corrected chi connectivity index (χ4v) is 2.63. The number of hydrogen-bond donors (Lipinski definition) is 0. The molecule has 0 saturated carbocycles. The van der Waals surface area contributed by atoms with Crippen LogP contribution in [-0.4, -0.2) is 6.61 Å². The van der Waals surface area contributed by atoms with Gasteiger partial charge in [0.05, 0.1) is 6.61 Å². The van der Waals surface area contributed by atoms with Crippen LogP contribution in [0.1, 0.15) is 77.7 Å². The molecule has 1 rings (SSSR count). The van der Waals surface area contributed by atoms with Gasteiger partial charge in [-0.3, -0.25) is 0 Å². The molecule has 124 valence electrons.